The molecule has 0 saturated carbocycles. The van der Waals surface area contributed by atoms with Crippen LogP contribution >= 0.6 is 0 Å². The molecule has 3 heteroatoms. The minimum absolute atomic E-state index is 0.775. The summed E-state index contributed by atoms with van der Waals surface area (Å²) >= 11 is 0. The van der Waals surface area contributed by atoms with Gasteiger partial charge in [-0.1, -0.05) is 26.0 Å². The van der Waals surface area contributed by atoms with E-state index in [2.05, 4.69) is 41.6 Å². The number of aldehydes is 1. The molecule has 18 heavy (non-hydrogen) atoms. The van der Waals surface area contributed by atoms with Crippen LogP contribution in [0.25, 0.3) is 10.9 Å². The van der Waals surface area contributed by atoms with Crippen LogP contribution in [0.3, 0.4) is 0 Å². The molecule has 1 heterocycles. The van der Waals surface area contributed by atoms with E-state index in [1.54, 1.807) is 0 Å². The highest BCUT2D eigenvalue weighted by molar-refractivity contribution is 5.96. The average Bonchev–Trinajstić information content (AvgIpc) is 2.83. The predicted octanol–water partition coefficient (Wildman–Crippen LogP) is 2.80. The molecule has 0 saturated heterocycles. The summed E-state index contributed by atoms with van der Waals surface area (Å²) in [6.07, 6.45) is 3.01. The highest BCUT2D eigenvalue weighted by atomic mass is 16.1. The summed E-state index contributed by atoms with van der Waals surface area (Å²) in [5, 5.41) is 1.14. The van der Waals surface area contributed by atoms with Crippen molar-refractivity contribution in [2.45, 2.75) is 20.4 Å². The van der Waals surface area contributed by atoms with Gasteiger partial charge in [0.2, 0.25) is 0 Å². The summed E-state index contributed by atoms with van der Waals surface area (Å²) in [6.45, 7) is 8.43. The molecule has 96 valence electrons. The summed E-state index contributed by atoms with van der Waals surface area (Å²) in [4.78, 5) is 13.5. The van der Waals surface area contributed by atoms with Crippen LogP contribution < -0.4 is 0 Å². The zero-order valence-corrected chi connectivity index (χ0v) is 11.1. The van der Waals surface area contributed by atoms with E-state index < -0.39 is 0 Å². The molecule has 0 N–H and O–H groups in total. The lowest BCUT2D eigenvalue weighted by Gasteiger charge is -2.18. The van der Waals surface area contributed by atoms with E-state index in [9.17, 15) is 4.79 Å². The fourth-order valence-corrected chi connectivity index (χ4v) is 2.36. The van der Waals surface area contributed by atoms with Gasteiger partial charge in [0.15, 0.2) is 6.29 Å². The third-order valence-corrected chi connectivity index (χ3v) is 3.50. The molecule has 0 aliphatic rings. The van der Waals surface area contributed by atoms with Gasteiger partial charge in [-0.3, -0.25) is 4.79 Å². The summed E-state index contributed by atoms with van der Waals surface area (Å²) in [5.74, 6) is 0. The van der Waals surface area contributed by atoms with Gasteiger partial charge >= 0.3 is 0 Å². The number of fused-ring (bicyclic) bond motifs is 1. The van der Waals surface area contributed by atoms with E-state index in [0.717, 1.165) is 48.9 Å². The van der Waals surface area contributed by atoms with Crippen LogP contribution in [0, 0.1) is 0 Å². The first kappa shape index (κ1) is 12.8. The lowest BCUT2D eigenvalue weighted by atomic mass is 10.1. The van der Waals surface area contributed by atoms with Crippen molar-refractivity contribution < 1.29 is 4.79 Å². The van der Waals surface area contributed by atoms with E-state index >= 15 is 0 Å². The fourth-order valence-electron chi connectivity index (χ4n) is 2.36. The number of benzene rings is 1. The molecule has 0 unspecified atom stereocenters. The van der Waals surface area contributed by atoms with Gasteiger partial charge in [0.1, 0.15) is 0 Å². The van der Waals surface area contributed by atoms with Gasteiger partial charge < -0.3 is 9.47 Å². The molecule has 2 aromatic rings. The number of nitrogens with zero attached hydrogens (tertiary/aromatic N) is 2. The summed E-state index contributed by atoms with van der Waals surface area (Å²) in [7, 11) is 0. The number of para-hydroxylation sites is 1. The first-order valence-electron chi connectivity index (χ1n) is 6.55. The largest absolute Gasteiger partial charge is 0.346 e. The SMILES string of the molecule is CCN(CC)CCn1ccc2cccc(C=O)c21. The number of aromatic nitrogens is 1. The van der Waals surface area contributed by atoms with Gasteiger partial charge in [-0.05, 0) is 25.2 Å². The standard InChI is InChI=1S/C15H20N2O/c1-3-16(4-2)10-11-17-9-8-13-6-5-7-14(12-18)15(13)17/h5-9,12H,3-4,10-11H2,1-2H3. The van der Waals surface area contributed by atoms with E-state index in [1.165, 1.54) is 0 Å². The number of rotatable bonds is 6. The molecular formula is C15H20N2O. The topological polar surface area (TPSA) is 25.2 Å². The Bertz CT molecular complexity index is 526. The maximum absolute atomic E-state index is 11.1. The maximum Gasteiger partial charge on any atom is 0.152 e. The molecule has 0 amide bonds. The van der Waals surface area contributed by atoms with Crippen LogP contribution in [-0.4, -0.2) is 35.4 Å². The Kier molecular flexibility index (Phi) is 4.15. The second kappa shape index (κ2) is 5.83. The number of carbonyl (C=O) groups excluding carboxylic acids is 1. The molecule has 1 aromatic carbocycles. The van der Waals surface area contributed by atoms with Crippen LogP contribution in [0.15, 0.2) is 30.5 Å². The fraction of sp³-hybridized carbons (Fsp3) is 0.400. The lowest BCUT2D eigenvalue weighted by Crippen LogP contribution is -2.26. The van der Waals surface area contributed by atoms with Crippen molar-refractivity contribution in [3.63, 3.8) is 0 Å². The molecular weight excluding hydrogens is 224 g/mol. The van der Waals surface area contributed by atoms with Crippen LogP contribution in [-0.2, 0) is 6.54 Å². The van der Waals surface area contributed by atoms with E-state index in [-0.39, 0.29) is 0 Å². The van der Waals surface area contributed by atoms with Gasteiger partial charge in [0.05, 0.1) is 5.52 Å². The monoisotopic (exact) mass is 244 g/mol. The summed E-state index contributed by atoms with van der Waals surface area (Å²) in [5.41, 5.74) is 1.83. The first-order chi connectivity index (χ1) is 8.80. The number of hydrogen-bond donors (Lipinski definition) is 0. The molecule has 1 aromatic heterocycles. The van der Waals surface area contributed by atoms with Crippen molar-refractivity contribution in [3.8, 4) is 0 Å². The highest BCUT2D eigenvalue weighted by Crippen LogP contribution is 2.19. The van der Waals surface area contributed by atoms with Crippen LogP contribution in [0.5, 0.6) is 0 Å². The zero-order valence-electron chi connectivity index (χ0n) is 11.1. The molecule has 0 radical (unpaired) electrons. The van der Waals surface area contributed by atoms with Gasteiger partial charge in [0, 0.05) is 30.2 Å². The molecule has 0 aliphatic heterocycles. The van der Waals surface area contributed by atoms with Gasteiger partial charge in [-0.25, -0.2) is 0 Å². The predicted molar refractivity (Wildman–Crippen MR) is 75.1 cm³/mol. The second-order valence-corrected chi connectivity index (χ2v) is 4.44. The third kappa shape index (κ3) is 2.46. The number of carbonyl (C=O) groups is 1. The van der Waals surface area contributed by atoms with Crippen molar-refractivity contribution >= 4 is 17.2 Å². The minimum atomic E-state index is 0.775. The van der Waals surface area contributed by atoms with Crippen LogP contribution in [0.1, 0.15) is 24.2 Å². The molecule has 2 rings (SSSR count). The molecule has 0 bridgehead atoms. The normalized spacial score (nSPS) is 11.3. The molecule has 3 nitrogen and oxygen atoms in total. The Morgan fingerprint density at radius 2 is 2.00 bits per heavy atom. The van der Waals surface area contributed by atoms with Crippen molar-refractivity contribution in [1.82, 2.24) is 9.47 Å². The Labute approximate surface area is 108 Å². The molecule has 0 fully saturated rings. The van der Waals surface area contributed by atoms with Crippen molar-refractivity contribution in [1.29, 1.82) is 0 Å². The smallest absolute Gasteiger partial charge is 0.152 e. The molecule has 0 aliphatic carbocycles. The van der Waals surface area contributed by atoms with E-state index in [1.807, 2.05) is 12.1 Å². The maximum atomic E-state index is 11.1. The second-order valence-electron chi connectivity index (χ2n) is 4.44. The van der Waals surface area contributed by atoms with E-state index in [0.29, 0.717) is 0 Å². The zero-order chi connectivity index (χ0) is 13.0. The lowest BCUT2D eigenvalue weighted by molar-refractivity contribution is 0.112. The Morgan fingerprint density at radius 3 is 2.67 bits per heavy atom. The molecule has 0 atom stereocenters. The van der Waals surface area contributed by atoms with Crippen molar-refractivity contribution in [3.05, 3.63) is 36.0 Å². The van der Waals surface area contributed by atoms with Gasteiger partial charge in [-0.15, -0.1) is 0 Å². The van der Waals surface area contributed by atoms with Crippen molar-refractivity contribution in [2.24, 2.45) is 0 Å². The van der Waals surface area contributed by atoms with Gasteiger partial charge in [0.25, 0.3) is 0 Å². The minimum Gasteiger partial charge on any atom is -0.346 e. The van der Waals surface area contributed by atoms with Crippen LogP contribution in [0.4, 0.5) is 0 Å². The number of likely N-dealkylation sites (N-methyl/N-ethyl adjacent to an activating group) is 1. The highest BCUT2D eigenvalue weighted by Gasteiger charge is 2.06. The molecule has 0 spiro atoms. The van der Waals surface area contributed by atoms with Gasteiger partial charge in [-0.2, -0.15) is 0 Å². The third-order valence-electron chi connectivity index (χ3n) is 3.50. The van der Waals surface area contributed by atoms with Crippen molar-refractivity contribution in [2.75, 3.05) is 19.6 Å². The Balaban J connectivity index is 2.25. The number of hydrogen-bond acceptors (Lipinski definition) is 2. The Hall–Kier alpha value is -1.61. The Morgan fingerprint density at radius 1 is 1.22 bits per heavy atom. The summed E-state index contributed by atoms with van der Waals surface area (Å²) in [6, 6.07) is 7.94. The quantitative estimate of drug-likeness (QED) is 0.730. The first-order valence-corrected chi connectivity index (χ1v) is 6.55. The van der Waals surface area contributed by atoms with E-state index in [4.69, 9.17) is 0 Å². The average molecular weight is 244 g/mol. The summed E-state index contributed by atoms with van der Waals surface area (Å²) < 4.78 is 2.18. The van der Waals surface area contributed by atoms with Crippen LogP contribution in [0.2, 0.25) is 0 Å².